The molecule has 0 aromatic heterocycles. The van der Waals surface area contributed by atoms with Gasteiger partial charge < -0.3 is 15.2 Å². The lowest BCUT2D eigenvalue weighted by Crippen LogP contribution is -2.35. The highest BCUT2D eigenvalue weighted by Crippen LogP contribution is 2.27. The molecule has 0 saturated carbocycles. The van der Waals surface area contributed by atoms with E-state index in [4.69, 9.17) is 4.74 Å². The van der Waals surface area contributed by atoms with Crippen LogP contribution in [0.25, 0.3) is 0 Å². The molecule has 3 nitrogen and oxygen atoms in total. The van der Waals surface area contributed by atoms with Gasteiger partial charge in [-0.25, -0.2) is 0 Å². The lowest BCUT2D eigenvalue weighted by Gasteiger charge is -2.19. The minimum atomic E-state index is -0.653. The van der Waals surface area contributed by atoms with Crippen LogP contribution in [0.1, 0.15) is 36.1 Å². The van der Waals surface area contributed by atoms with Gasteiger partial charge in [-0.05, 0) is 75.9 Å². The van der Waals surface area contributed by atoms with E-state index < -0.39 is 5.60 Å². The minimum absolute atomic E-state index is 0.611. The molecule has 0 atom stereocenters. The molecule has 0 bridgehead atoms. The third-order valence-electron chi connectivity index (χ3n) is 3.54. The Morgan fingerprint density at radius 1 is 1.21 bits per heavy atom. The summed E-state index contributed by atoms with van der Waals surface area (Å²) in [7, 11) is 1.71. The molecule has 0 spiro atoms. The van der Waals surface area contributed by atoms with Crippen LogP contribution < -0.4 is 10.1 Å². The Morgan fingerprint density at radius 2 is 1.84 bits per heavy atom. The normalized spacial score (nSPS) is 11.7. The first-order chi connectivity index (χ1) is 8.76. The minimum Gasteiger partial charge on any atom is -0.496 e. The van der Waals surface area contributed by atoms with Gasteiger partial charge in [0.1, 0.15) is 5.75 Å². The number of ether oxygens (including phenoxy) is 1. The van der Waals surface area contributed by atoms with Gasteiger partial charge in [0, 0.05) is 6.54 Å². The summed E-state index contributed by atoms with van der Waals surface area (Å²) >= 11 is 0. The topological polar surface area (TPSA) is 41.5 Å². The van der Waals surface area contributed by atoms with Crippen LogP contribution >= 0.6 is 0 Å². The lowest BCUT2D eigenvalue weighted by atomic mass is 9.95. The third kappa shape index (κ3) is 4.51. The van der Waals surface area contributed by atoms with E-state index in [1.54, 1.807) is 7.11 Å². The van der Waals surface area contributed by atoms with E-state index in [-0.39, 0.29) is 0 Å². The maximum absolute atomic E-state index is 9.66. The molecule has 0 aliphatic carbocycles. The van der Waals surface area contributed by atoms with Crippen molar-refractivity contribution in [3.63, 3.8) is 0 Å². The molecule has 2 N–H and O–H groups in total. The van der Waals surface area contributed by atoms with E-state index in [1.807, 2.05) is 13.8 Å². The van der Waals surface area contributed by atoms with E-state index >= 15 is 0 Å². The Hall–Kier alpha value is -1.06. The van der Waals surface area contributed by atoms with E-state index in [0.717, 1.165) is 18.7 Å². The highest BCUT2D eigenvalue weighted by molar-refractivity contribution is 5.48. The molecule has 0 unspecified atom stereocenters. The Balaban J connectivity index is 2.72. The van der Waals surface area contributed by atoms with Gasteiger partial charge >= 0.3 is 0 Å². The predicted octanol–water partition coefficient (Wildman–Crippen LogP) is 2.52. The Kier molecular flexibility index (Phi) is 5.39. The fourth-order valence-electron chi connectivity index (χ4n) is 2.30. The first-order valence-electron chi connectivity index (χ1n) is 6.83. The molecule has 1 aromatic carbocycles. The molecule has 1 aromatic rings. The summed E-state index contributed by atoms with van der Waals surface area (Å²) in [5.41, 5.74) is 4.51. The molecule has 0 fully saturated rings. The largest absolute Gasteiger partial charge is 0.496 e. The average molecular weight is 265 g/mol. The van der Waals surface area contributed by atoms with Crippen LogP contribution in [0.4, 0.5) is 0 Å². The second-order valence-corrected chi connectivity index (χ2v) is 5.86. The summed E-state index contributed by atoms with van der Waals surface area (Å²) in [6.45, 7) is 11.5. The summed E-state index contributed by atoms with van der Waals surface area (Å²) in [6.07, 6.45) is 0.971. The van der Waals surface area contributed by atoms with E-state index in [0.29, 0.717) is 6.54 Å². The van der Waals surface area contributed by atoms with Crippen LogP contribution in [-0.2, 0) is 6.42 Å². The quantitative estimate of drug-likeness (QED) is 0.777. The number of hydrogen-bond donors (Lipinski definition) is 2. The van der Waals surface area contributed by atoms with Gasteiger partial charge in [-0.3, -0.25) is 0 Å². The van der Waals surface area contributed by atoms with Crippen LogP contribution in [0.2, 0.25) is 0 Å². The number of methoxy groups -OCH3 is 1. The maximum Gasteiger partial charge on any atom is 0.122 e. The van der Waals surface area contributed by atoms with Crippen LogP contribution in [0.15, 0.2) is 6.07 Å². The fourth-order valence-corrected chi connectivity index (χ4v) is 2.30. The molecular formula is C16H27NO2. The Morgan fingerprint density at radius 3 is 2.37 bits per heavy atom. The summed E-state index contributed by atoms with van der Waals surface area (Å²) in [5.74, 6) is 0.961. The van der Waals surface area contributed by atoms with Crippen molar-refractivity contribution in [1.82, 2.24) is 5.32 Å². The molecule has 0 amide bonds. The number of nitrogens with one attached hydrogen (secondary N) is 1. The van der Waals surface area contributed by atoms with Crippen molar-refractivity contribution in [3.05, 3.63) is 28.3 Å². The van der Waals surface area contributed by atoms with Crippen molar-refractivity contribution >= 4 is 0 Å². The number of hydrogen-bond acceptors (Lipinski definition) is 3. The first kappa shape index (κ1) is 16.0. The number of aryl methyl sites for hydroxylation is 1. The van der Waals surface area contributed by atoms with E-state index in [9.17, 15) is 5.11 Å². The molecule has 108 valence electrons. The lowest BCUT2D eigenvalue weighted by molar-refractivity contribution is 0.0801. The van der Waals surface area contributed by atoms with Gasteiger partial charge in [-0.15, -0.1) is 0 Å². The smallest absolute Gasteiger partial charge is 0.122 e. The Bertz CT molecular complexity index is 433. The molecule has 0 heterocycles. The molecule has 0 radical (unpaired) electrons. The SMILES string of the molecule is COc1cc(C)c(CCNCC(C)(C)O)c(C)c1C. The van der Waals surface area contributed by atoms with Gasteiger partial charge in [-0.1, -0.05) is 0 Å². The monoisotopic (exact) mass is 265 g/mol. The molecule has 0 saturated heterocycles. The molecule has 3 heteroatoms. The van der Waals surface area contributed by atoms with Crippen molar-refractivity contribution in [1.29, 1.82) is 0 Å². The van der Waals surface area contributed by atoms with Crippen LogP contribution in [-0.4, -0.2) is 30.9 Å². The van der Waals surface area contributed by atoms with Crippen molar-refractivity contribution in [2.45, 2.75) is 46.6 Å². The third-order valence-corrected chi connectivity index (χ3v) is 3.54. The zero-order valence-electron chi connectivity index (χ0n) is 13.1. The van der Waals surface area contributed by atoms with Crippen LogP contribution in [0.3, 0.4) is 0 Å². The van der Waals surface area contributed by atoms with Gasteiger partial charge in [0.2, 0.25) is 0 Å². The summed E-state index contributed by atoms with van der Waals surface area (Å²) < 4.78 is 5.38. The second-order valence-electron chi connectivity index (χ2n) is 5.86. The first-order valence-corrected chi connectivity index (χ1v) is 6.83. The van der Waals surface area contributed by atoms with Gasteiger partial charge in [0.25, 0.3) is 0 Å². The molecule has 19 heavy (non-hydrogen) atoms. The van der Waals surface area contributed by atoms with Gasteiger partial charge in [0.15, 0.2) is 0 Å². The fraction of sp³-hybridized carbons (Fsp3) is 0.625. The van der Waals surface area contributed by atoms with Gasteiger partial charge in [0.05, 0.1) is 12.7 Å². The summed E-state index contributed by atoms with van der Waals surface area (Å²) in [6, 6.07) is 2.10. The average Bonchev–Trinajstić information content (AvgIpc) is 2.31. The molecule has 1 rings (SSSR count). The van der Waals surface area contributed by atoms with Crippen LogP contribution in [0, 0.1) is 20.8 Å². The highest BCUT2D eigenvalue weighted by Gasteiger charge is 2.13. The summed E-state index contributed by atoms with van der Waals surface area (Å²) in [5, 5.41) is 13.0. The molecule has 0 aliphatic rings. The maximum atomic E-state index is 9.66. The second kappa shape index (κ2) is 6.40. The van der Waals surface area contributed by atoms with Crippen LogP contribution in [0.5, 0.6) is 5.75 Å². The molecule has 0 aliphatic heterocycles. The predicted molar refractivity (Wildman–Crippen MR) is 80.1 cm³/mol. The summed E-state index contributed by atoms with van der Waals surface area (Å²) in [4.78, 5) is 0. The number of aliphatic hydroxyl groups is 1. The van der Waals surface area contributed by atoms with E-state index in [1.165, 1.54) is 22.3 Å². The Labute approximate surface area is 117 Å². The molecular weight excluding hydrogens is 238 g/mol. The highest BCUT2D eigenvalue weighted by atomic mass is 16.5. The zero-order valence-corrected chi connectivity index (χ0v) is 13.1. The van der Waals surface area contributed by atoms with Crippen molar-refractivity contribution in [2.24, 2.45) is 0 Å². The number of benzene rings is 1. The van der Waals surface area contributed by atoms with E-state index in [2.05, 4.69) is 32.2 Å². The number of rotatable bonds is 6. The zero-order chi connectivity index (χ0) is 14.6. The standard InChI is InChI=1S/C16H27NO2/c1-11-9-15(19-6)13(3)12(2)14(11)7-8-17-10-16(4,5)18/h9,17-18H,7-8,10H2,1-6H3. The van der Waals surface area contributed by atoms with Crippen molar-refractivity contribution < 1.29 is 9.84 Å². The van der Waals surface area contributed by atoms with Crippen molar-refractivity contribution in [3.8, 4) is 5.75 Å². The van der Waals surface area contributed by atoms with Gasteiger partial charge in [-0.2, -0.15) is 0 Å². The van der Waals surface area contributed by atoms with Crippen molar-refractivity contribution in [2.75, 3.05) is 20.2 Å².